The maximum Gasteiger partial charge on any atom is 0.243 e. The third-order valence-corrected chi connectivity index (χ3v) is 9.79. The Morgan fingerprint density at radius 3 is 2.59 bits per heavy atom. The van der Waals surface area contributed by atoms with Crippen molar-refractivity contribution in [2.75, 3.05) is 13.1 Å². The molecule has 0 radical (unpaired) electrons. The number of benzene rings is 2. The van der Waals surface area contributed by atoms with Gasteiger partial charge in [-0.25, -0.2) is 8.42 Å². The second kappa shape index (κ2) is 10.6. The van der Waals surface area contributed by atoms with Crippen molar-refractivity contribution in [1.82, 2.24) is 9.21 Å². The molecule has 4 aromatic rings. The smallest absolute Gasteiger partial charge is 0.243 e. The molecule has 1 aliphatic heterocycles. The van der Waals surface area contributed by atoms with E-state index in [0.29, 0.717) is 28.8 Å². The van der Waals surface area contributed by atoms with E-state index in [4.69, 9.17) is 27.6 Å². The highest BCUT2D eigenvalue weighted by Crippen LogP contribution is 2.41. The van der Waals surface area contributed by atoms with E-state index in [1.807, 2.05) is 24.4 Å². The third kappa shape index (κ3) is 5.35. The van der Waals surface area contributed by atoms with Gasteiger partial charge in [0.15, 0.2) is 0 Å². The fourth-order valence-electron chi connectivity index (χ4n) is 4.55. The first kappa shape index (κ1) is 26.0. The second-order valence-electron chi connectivity index (χ2n) is 8.87. The number of furan rings is 1. The van der Waals surface area contributed by atoms with Gasteiger partial charge in [-0.1, -0.05) is 47.0 Å². The minimum absolute atomic E-state index is 0.0706. The van der Waals surface area contributed by atoms with E-state index in [1.54, 1.807) is 64.8 Å². The van der Waals surface area contributed by atoms with Crippen LogP contribution in [0.1, 0.15) is 33.4 Å². The van der Waals surface area contributed by atoms with Crippen LogP contribution in [0.25, 0.3) is 0 Å². The summed E-state index contributed by atoms with van der Waals surface area (Å²) in [7, 11) is -3.99. The van der Waals surface area contributed by atoms with Crippen LogP contribution in [0.4, 0.5) is 0 Å². The summed E-state index contributed by atoms with van der Waals surface area (Å²) >= 11 is 14.4. The standard InChI is InChI=1S/C27H24Cl2N2O4S2/c1-18-4-7-21(8-5-18)37(33,34)30(16-20-3-2-13-35-20)17-26(32)31-12-10-25-23(11-14-36-25)27(31)22-9-6-19(28)15-24(22)29/h2-9,11,13-15,27H,10,12,16-17H2,1H3. The van der Waals surface area contributed by atoms with Gasteiger partial charge in [0.1, 0.15) is 5.76 Å². The molecule has 10 heteroatoms. The highest BCUT2D eigenvalue weighted by atomic mass is 35.5. The van der Waals surface area contributed by atoms with Crippen LogP contribution < -0.4 is 0 Å². The van der Waals surface area contributed by atoms with Gasteiger partial charge < -0.3 is 9.32 Å². The fourth-order valence-corrected chi connectivity index (χ4v) is 7.32. The van der Waals surface area contributed by atoms with Crippen LogP contribution in [0, 0.1) is 6.92 Å². The topological polar surface area (TPSA) is 70.8 Å². The number of sulfonamides is 1. The number of rotatable bonds is 7. The molecule has 192 valence electrons. The Balaban J connectivity index is 1.50. The normalized spacial score (nSPS) is 15.7. The molecular weight excluding hydrogens is 551 g/mol. The Labute approximate surface area is 230 Å². The Hall–Kier alpha value is -2.62. The van der Waals surface area contributed by atoms with Crippen molar-refractivity contribution in [2.24, 2.45) is 0 Å². The number of fused-ring (bicyclic) bond motifs is 1. The van der Waals surface area contributed by atoms with Gasteiger partial charge in [-0.2, -0.15) is 4.31 Å². The number of carbonyl (C=O) groups excluding carboxylic acids is 1. The summed E-state index contributed by atoms with van der Waals surface area (Å²) in [5.74, 6) is 0.120. The molecule has 0 N–H and O–H groups in total. The number of carbonyl (C=O) groups is 1. The number of halogens is 2. The van der Waals surface area contributed by atoms with Crippen LogP contribution in [-0.4, -0.2) is 36.6 Å². The zero-order valence-electron chi connectivity index (χ0n) is 19.9. The number of hydrogen-bond donors (Lipinski definition) is 0. The minimum Gasteiger partial charge on any atom is -0.468 e. The molecule has 1 atom stereocenters. The van der Waals surface area contributed by atoms with E-state index in [1.165, 1.54) is 15.4 Å². The largest absolute Gasteiger partial charge is 0.468 e. The molecule has 0 saturated heterocycles. The monoisotopic (exact) mass is 574 g/mol. The van der Waals surface area contributed by atoms with Gasteiger partial charge in [0.2, 0.25) is 15.9 Å². The molecule has 3 heterocycles. The van der Waals surface area contributed by atoms with E-state index in [0.717, 1.165) is 16.7 Å². The van der Waals surface area contributed by atoms with Gasteiger partial charge in [-0.3, -0.25) is 4.79 Å². The maximum atomic E-state index is 13.9. The van der Waals surface area contributed by atoms with Gasteiger partial charge in [-0.15, -0.1) is 11.3 Å². The number of hydrogen-bond acceptors (Lipinski definition) is 5. The van der Waals surface area contributed by atoms with Crippen molar-refractivity contribution < 1.29 is 17.6 Å². The zero-order valence-corrected chi connectivity index (χ0v) is 23.1. The highest BCUT2D eigenvalue weighted by molar-refractivity contribution is 7.89. The van der Waals surface area contributed by atoms with Crippen LogP contribution in [-0.2, 0) is 27.8 Å². The molecule has 0 saturated carbocycles. The summed E-state index contributed by atoms with van der Waals surface area (Å²) in [6.07, 6.45) is 2.17. The number of nitrogens with zero attached hydrogens (tertiary/aromatic N) is 2. The molecule has 1 unspecified atom stereocenters. The molecular formula is C27H24Cl2N2O4S2. The Morgan fingerprint density at radius 2 is 1.89 bits per heavy atom. The molecule has 0 fully saturated rings. The minimum atomic E-state index is -3.99. The first-order chi connectivity index (χ1) is 17.7. The quantitative estimate of drug-likeness (QED) is 0.259. The summed E-state index contributed by atoms with van der Waals surface area (Å²) in [6, 6.07) is 16.8. The van der Waals surface area contributed by atoms with Crippen molar-refractivity contribution >= 4 is 50.5 Å². The zero-order chi connectivity index (χ0) is 26.2. The average Bonchev–Trinajstić information content (AvgIpc) is 3.55. The van der Waals surface area contributed by atoms with E-state index in [-0.39, 0.29) is 23.9 Å². The lowest BCUT2D eigenvalue weighted by Gasteiger charge is -2.37. The van der Waals surface area contributed by atoms with Crippen molar-refractivity contribution in [3.8, 4) is 0 Å². The van der Waals surface area contributed by atoms with Gasteiger partial charge in [0.25, 0.3) is 0 Å². The molecule has 1 amide bonds. The predicted molar refractivity (Wildman–Crippen MR) is 146 cm³/mol. The lowest BCUT2D eigenvalue weighted by atomic mass is 9.93. The van der Waals surface area contributed by atoms with Crippen molar-refractivity contribution in [3.63, 3.8) is 0 Å². The molecule has 0 spiro atoms. The summed E-state index contributed by atoms with van der Waals surface area (Å²) in [5, 5.41) is 2.96. The second-order valence-corrected chi connectivity index (χ2v) is 12.7. The average molecular weight is 576 g/mol. The van der Waals surface area contributed by atoms with Crippen molar-refractivity contribution in [2.45, 2.75) is 30.8 Å². The maximum absolute atomic E-state index is 13.9. The Bertz CT molecular complexity index is 1520. The number of thiophene rings is 1. The molecule has 2 aromatic heterocycles. The SMILES string of the molecule is Cc1ccc(S(=O)(=O)N(CC(=O)N2CCc3sccc3C2c2ccc(Cl)cc2Cl)Cc2ccco2)cc1. The summed E-state index contributed by atoms with van der Waals surface area (Å²) < 4.78 is 33.9. The van der Waals surface area contributed by atoms with E-state index in [2.05, 4.69) is 0 Å². The predicted octanol–water partition coefficient (Wildman–Crippen LogP) is 6.32. The molecule has 0 bridgehead atoms. The fraction of sp³-hybridized carbons (Fsp3) is 0.222. The van der Waals surface area contributed by atoms with Crippen LogP contribution in [0.5, 0.6) is 0 Å². The Morgan fingerprint density at radius 1 is 1.11 bits per heavy atom. The molecule has 1 aliphatic rings. The van der Waals surface area contributed by atoms with Crippen molar-refractivity contribution in [1.29, 1.82) is 0 Å². The number of aryl methyl sites for hydroxylation is 1. The number of amides is 1. The molecule has 2 aromatic carbocycles. The summed E-state index contributed by atoms with van der Waals surface area (Å²) in [6.45, 7) is 1.91. The molecule has 5 rings (SSSR count). The van der Waals surface area contributed by atoms with E-state index in [9.17, 15) is 13.2 Å². The highest BCUT2D eigenvalue weighted by Gasteiger charge is 2.36. The van der Waals surface area contributed by atoms with Crippen LogP contribution in [0.2, 0.25) is 10.0 Å². The molecule has 0 aliphatic carbocycles. The Kier molecular flexibility index (Phi) is 7.47. The van der Waals surface area contributed by atoms with E-state index < -0.39 is 16.1 Å². The van der Waals surface area contributed by atoms with Crippen LogP contribution in [0.3, 0.4) is 0 Å². The van der Waals surface area contributed by atoms with Crippen LogP contribution in [0.15, 0.2) is 81.6 Å². The van der Waals surface area contributed by atoms with Gasteiger partial charge in [0.05, 0.1) is 30.3 Å². The lowest BCUT2D eigenvalue weighted by molar-refractivity contribution is -0.133. The van der Waals surface area contributed by atoms with Crippen LogP contribution >= 0.6 is 34.5 Å². The van der Waals surface area contributed by atoms with Gasteiger partial charge in [-0.05, 0) is 72.3 Å². The first-order valence-corrected chi connectivity index (χ1v) is 14.7. The summed E-state index contributed by atoms with van der Waals surface area (Å²) in [4.78, 5) is 16.9. The first-order valence-electron chi connectivity index (χ1n) is 11.6. The van der Waals surface area contributed by atoms with E-state index >= 15 is 0 Å². The van der Waals surface area contributed by atoms with Gasteiger partial charge in [0, 0.05) is 21.5 Å². The third-order valence-electron chi connectivity index (χ3n) is 6.43. The van der Waals surface area contributed by atoms with Crippen molar-refractivity contribution in [3.05, 3.63) is 110 Å². The molecule has 37 heavy (non-hydrogen) atoms. The lowest BCUT2D eigenvalue weighted by Crippen LogP contribution is -2.46. The summed E-state index contributed by atoms with van der Waals surface area (Å²) in [5.41, 5.74) is 2.68. The van der Waals surface area contributed by atoms with Gasteiger partial charge >= 0.3 is 0 Å². The molecule has 6 nitrogen and oxygen atoms in total.